The van der Waals surface area contributed by atoms with Crippen molar-refractivity contribution < 1.29 is 14.3 Å². The van der Waals surface area contributed by atoms with Crippen molar-refractivity contribution in [2.75, 3.05) is 19.5 Å². The standard InChI is InChI=1S/C16H16ClNO3/c1-20-12-8-7-11(15(10-12)21-2)9-16(19)18-14-6-4-3-5-13(14)17/h3-8,10H,9H2,1-2H3,(H,18,19). The molecular formula is C16H16ClNO3. The van der Waals surface area contributed by atoms with E-state index in [-0.39, 0.29) is 12.3 Å². The Labute approximate surface area is 128 Å². The van der Waals surface area contributed by atoms with Crippen molar-refractivity contribution in [2.24, 2.45) is 0 Å². The Morgan fingerprint density at radius 1 is 1.14 bits per heavy atom. The molecule has 0 aromatic heterocycles. The molecule has 0 bridgehead atoms. The van der Waals surface area contributed by atoms with Crippen molar-refractivity contribution in [1.29, 1.82) is 0 Å². The summed E-state index contributed by atoms with van der Waals surface area (Å²) in [5, 5.41) is 3.29. The lowest BCUT2D eigenvalue weighted by Gasteiger charge is -2.11. The molecule has 1 N–H and O–H groups in total. The molecule has 0 aliphatic rings. The highest BCUT2D eigenvalue weighted by atomic mass is 35.5. The summed E-state index contributed by atoms with van der Waals surface area (Å²) in [4.78, 5) is 12.1. The van der Waals surface area contributed by atoms with Gasteiger partial charge in [0.1, 0.15) is 11.5 Å². The van der Waals surface area contributed by atoms with Crippen molar-refractivity contribution in [3.63, 3.8) is 0 Å². The van der Waals surface area contributed by atoms with Crippen molar-refractivity contribution in [3.8, 4) is 11.5 Å². The quantitative estimate of drug-likeness (QED) is 0.919. The predicted molar refractivity (Wildman–Crippen MR) is 83.3 cm³/mol. The normalized spacial score (nSPS) is 10.0. The fourth-order valence-corrected chi connectivity index (χ4v) is 2.11. The van der Waals surface area contributed by atoms with Crippen LogP contribution in [0.4, 0.5) is 5.69 Å². The van der Waals surface area contributed by atoms with E-state index in [0.29, 0.717) is 22.2 Å². The zero-order valence-electron chi connectivity index (χ0n) is 11.9. The maximum atomic E-state index is 12.1. The van der Waals surface area contributed by atoms with Crippen LogP contribution in [0.1, 0.15) is 5.56 Å². The first-order valence-corrected chi connectivity index (χ1v) is 6.77. The fraction of sp³-hybridized carbons (Fsp3) is 0.188. The van der Waals surface area contributed by atoms with E-state index in [1.807, 2.05) is 18.2 Å². The maximum absolute atomic E-state index is 12.1. The summed E-state index contributed by atoms with van der Waals surface area (Å²) in [7, 11) is 3.14. The summed E-state index contributed by atoms with van der Waals surface area (Å²) >= 11 is 6.01. The molecule has 0 saturated carbocycles. The van der Waals surface area contributed by atoms with Crippen LogP contribution in [0.5, 0.6) is 11.5 Å². The molecule has 0 spiro atoms. The van der Waals surface area contributed by atoms with Gasteiger partial charge in [0.2, 0.25) is 5.91 Å². The maximum Gasteiger partial charge on any atom is 0.228 e. The first-order valence-electron chi connectivity index (χ1n) is 6.39. The number of carbonyl (C=O) groups is 1. The molecule has 0 unspecified atom stereocenters. The summed E-state index contributed by atoms with van der Waals surface area (Å²) < 4.78 is 10.4. The summed E-state index contributed by atoms with van der Waals surface area (Å²) in [6.45, 7) is 0. The van der Waals surface area contributed by atoms with Gasteiger partial charge in [-0.1, -0.05) is 29.8 Å². The highest BCUT2D eigenvalue weighted by Crippen LogP contribution is 2.26. The SMILES string of the molecule is COc1ccc(CC(=O)Nc2ccccc2Cl)c(OC)c1. The molecule has 0 aliphatic heterocycles. The molecule has 0 atom stereocenters. The van der Waals surface area contributed by atoms with Crippen molar-refractivity contribution >= 4 is 23.2 Å². The number of halogens is 1. The Bertz CT molecular complexity index is 643. The van der Waals surface area contributed by atoms with Gasteiger partial charge >= 0.3 is 0 Å². The van der Waals surface area contributed by atoms with Crippen LogP contribution in [-0.4, -0.2) is 20.1 Å². The van der Waals surface area contributed by atoms with Crippen molar-refractivity contribution in [3.05, 3.63) is 53.1 Å². The van der Waals surface area contributed by atoms with E-state index < -0.39 is 0 Å². The molecule has 2 rings (SSSR count). The molecule has 2 aromatic rings. The summed E-state index contributed by atoms with van der Waals surface area (Å²) in [5.41, 5.74) is 1.37. The third-order valence-corrected chi connectivity index (χ3v) is 3.32. The molecule has 4 nitrogen and oxygen atoms in total. The molecule has 21 heavy (non-hydrogen) atoms. The average Bonchev–Trinajstić information content (AvgIpc) is 2.50. The number of anilines is 1. The minimum Gasteiger partial charge on any atom is -0.497 e. The number of nitrogens with one attached hydrogen (secondary N) is 1. The topological polar surface area (TPSA) is 47.6 Å². The average molecular weight is 306 g/mol. The summed E-state index contributed by atoms with van der Waals surface area (Å²) in [5.74, 6) is 1.14. The molecule has 0 heterocycles. The number of hydrogen-bond acceptors (Lipinski definition) is 3. The monoisotopic (exact) mass is 305 g/mol. The fourth-order valence-electron chi connectivity index (χ4n) is 1.93. The van der Waals surface area contributed by atoms with E-state index >= 15 is 0 Å². The molecule has 1 amide bonds. The highest BCUT2D eigenvalue weighted by molar-refractivity contribution is 6.33. The second-order valence-electron chi connectivity index (χ2n) is 4.38. The van der Waals surface area contributed by atoms with E-state index in [9.17, 15) is 4.79 Å². The number of amides is 1. The van der Waals surface area contributed by atoms with E-state index in [2.05, 4.69) is 5.32 Å². The summed E-state index contributed by atoms with van der Waals surface area (Å²) in [6.07, 6.45) is 0.193. The minimum absolute atomic E-state index is 0.161. The first-order chi connectivity index (χ1) is 10.1. The number of para-hydroxylation sites is 1. The van der Waals surface area contributed by atoms with Crippen molar-refractivity contribution in [1.82, 2.24) is 0 Å². The van der Waals surface area contributed by atoms with Gasteiger partial charge in [-0.25, -0.2) is 0 Å². The van der Waals surface area contributed by atoms with Crippen LogP contribution in [0, 0.1) is 0 Å². The van der Waals surface area contributed by atoms with Gasteiger partial charge in [-0.3, -0.25) is 4.79 Å². The second kappa shape index (κ2) is 6.99. The molecular weight excluding hydrogens is 290 g/mol. The second-order valence-corrected chi connectivity index (χ2v) is 4.79. The molecule has 5 heteroatoms. The van der Waals surface area contributed by atoms with Crippen LogP contribution >= 0.6 is 11.6 Å². The van der Waals surface area contributed by atoms with Crippen LogP contribution in [0.3, 0.4) is 0 Å². The number of benzene rings is 2. The largest absolute Gasteiger partial charge is 0.497 e. The van der Waals surface area contributed by atoms with Gasteiger partial charge < -0.3 is 14.8 Å². The Morgan fingerprint density at radius 3 is 2.57 bits per heavy atom. The lowest BCUT2D eigenvalue weighted by molar-refractivity contribution is -0.115. The number of rotatable bonds is 5. The lowest BCUT2D eigenvalue weighted by atomic mass is 10.1. The van der Waals surface area contributed by atoms with Gasteiger partial charge in [-0.2, -0.15) is 0 Å². The van der Waals surface area contributed by atoms with Gasteiger partial charge in [-0.05, 0) is 18.2 Å². The molecule has 110 valence electrons. The third kappa shape index (κ3) is 3.89. The van der Waals surface area contributed by atoms with Gasteiger partial charge in [0.25, 0.3) is 0 Å². The van der Waals surface area contributed by atoms with Gasteiger partial charge in [0, 0.05) is 11.6 Å². The van der Waals surface area contributed by atoms with Gasteiger partial charge in [0.05, 0.1) is 31.4 Å². The van der Waals surface area contributed by atoms with E-state index in [1.54, 1.807) is 38.5 Å². The number of methoxy groups -OCH3 is 2. The Morgan fingerprint density at radius 2 is 1.90 bits per heavy atom. The molecule has 0 radical (unpaired) electrons. The zero-order chi connectivity index (χ0) is 15.2. The third-order valence-electron chi connectivity index (χ3n) is 2.99. The van der Waals surface area contributed by atoms with Crippen LogP contribution < -0.4 is 14.8 Å². The number of ether oxygens (including phenoxy) is 2. The van der Waals surface area contributed by atoms with Crippen molar-refractivity contribution in [2.45, 2.75) is 6.42 Å². The Hall–Kier alpha value is -2.20. The zero-order valence-corrected chi connectivity index (χ0v) is 12.6. The van der Waals surface area contributed by atoms with Gasteiger partial charge in [-0.15, -0.1) is 0 Å². The van der Waals surface area contributed by atoms with E-state index in [1.165, 1.54) is 0 Å². The number of hydrogen-bond donors (Lipinski definition) is 1. The van der Waals surface area contributed by atoms with Gasteiger partial charge in [0.15, 0.2) is 0 Å². The van der Waals surface area contributed by atoms with Crippen LogP contribution in [0.2, 0.25) is 5.02 Å². The van der Waals surface area contributed by atoms with Crippen LogP contribution in [-0.2, 0) is 11.2 Å². The molecule has 0 saturated heterocycles. The number of carbonyl (C=O) groups excluding carboxylic acids is 1. The predicted octanol–water partition coefficient (Wildman–Crippen LogP) is 3.54. The van der Waals surface area contributed by atoms with E-state index in [4.69, 9.17) is 21.1 Å². The van der Waals surface area contributed by atoms with E-state index in [0.717, 1.165) is 5.56 Å². The smallest absolute Gasteiger partial charge is 0.228 e. The minimum atomic E-state index is -0.161. The molecule has 0 fully saturated rings. The van der Waals surface area contributed by atoms with Crippen LogP contribution in [0.15, 0.2) is 42.5 Å². The molecule has 2 aromatic carbocycles. The van der Waals surface area contributed by atoms with Crippen LogP contribution in [0.25, 0.3) is 0 Å². The Balaban J connectivity index is 2.11. The Kier molecular flexibility index (Phi) is 5.06. The first kappa shape index (κ1) is 15.2. The lowest BCUT2D eigenvalue weighted by Crippen LogP contribution is -2.15. The highest BCUT2D eigenvalue weighted by Gasteiger charge is 2.11. The molecule has 0 aliphatic carbocycles. The summed E-state index contributed by atoms with van der Waals surface area (Å²) in [6, 6.07) is 12.5.